The standard InChI is InChI=1S/C18H13N6O2/c1-23-16(13(11-25)10-19-23)18(26)20-14-7-8-24-15(9-14)21-17(22-24)12-5-3-2-4-6-12/h2-10H,1H3,(H,20,26). The molecule has 3 aromatic heterocycles. The van der Waals surface area contributed by atoms with E-state index in [4.69, 9.17) is 0 Å². The quantitative estimate of drug-likeness (QED) is 0.609. The number of aromatic nitrogens is 5. The Hall–Kier alpha value is -3.81. The molecule has 4 rings (SSSR count). The summed E-state index contributed by atoms with van der Waals surface area (Å²) in [7, 11) is 1.59. The van der Waals surface area contributed by atoms with Gasteiger partial charge in [-0.2, -0.15) is 5.10 Å². The minimum absolute atomic E-state index is 0.111. The van der Waals surface area contributed by atoms with Crippen molar-refractivity contribution in [3.63, 3.8) is 0 Å². The molecule has 0 bridgehead atoms. The number of carbonyl (C=O) groups excluding carboxylic acids is 2. The molecule has 1 amide bonds. The monoisotopic (exact) mass is 345 g/mol. The maximum atomic E-state index is 12.4. The second-order valence-corrected chi connectivity index (χ2v) is 5.61. The molecule has 0 saturated heterocycles. The van der Waals surface area contributed by atoms with Gasteiger partial charge in [-0.1, -0.05) is 30.3 Å². The van der Waals surface area contributed by atoms with Crippen molar-refractivity contribution in [3.05, 3.63) is 66.1 Å². The van der Waals surface area contributed by atoms with Crippen LogP contribution in [-0.4, -0.2) is 36.6 Å². The van der Waals surface area contributed by atoms with Gasteiger partial charge in [-0.25, -0.2) is 9.50 Å². The van der Waals surface area contributed by atoms with E-state index in [1.165, 1.54) is 10.9 Å². The summed E-state index contributed by atoms with van der Waals surface area (Å²) in [5.74, 6) is 0.147. The molecule has 0 saturated carbocycles. The summed E-state index contributed by atoms with van der Waals surface area (Å²) in [6.45, 7) is 0. The molecule has 3 heterocycles. The van der Waals surface area contributed by atoms with Crippen LogP contribution in [0.4, 0.5) is 5.69 Å². The highest BCUT2D eigenvalue weighted by atomic mass is 16.2. The summed E-state index contributed by atoms with van der Waals surface area (Å²) in [6.07, 6.45) is 4.72. The van der Waals surface area contributed by atoms with E-state index >= 15 is 0 Å². The number of hydrogen-bond donors (Lipinski definition) is 1. The topological polar surface area (TPSA) is 94.2 Å². The SMILES string of the molecule is Cn1ncc([C]=O)c1C(=O)Nc1ccn2nc(-c3ccccc3)nc2c1. The van der Waals surface area contributed by atoms with Crippen molar-refractivity contribution in [2.24, 2.45) is 7.05 Å². The fraction of sp³-hybridized carbons (Fsp3) is 0.0556. The first-order chi connectivity index (χ1) is 12.7. The number of hydrogen-bond acceptors (Lipinski definition) is 5. The molecule has 0 atom stereocenters. The molecule has 0 aliphatic heterocycles. The molecule has 127 valence electrons. The first kappa shape index (κ1) is 15.7. The molecule has 0 fully saturated rings. The Kier molecular flexibility index (Phi) is 3.77. The smallest absolute Gasteiger partial charge is 0.274 e. The number of benzene rings is 1. The summed E-state index contributed by atoms with van der Waals surface area (Å²) < 4.78 is 2.96. The average Bonchev–Trinajstić information content (AvgIpc) is 3.25. The molecule has 0 aliphatic rings. The molecule has 1 N–H and O–H groups in total. The molecule has 1 radical (unpaired) electrons. The van der Waals surface area contributed by atoms with Crippen molar-refractivity contribution in [2.75, 3.05) is 5.32 Å². The number of carbonyl (C=O) groups is 1. The van der Waals surface area contributed by atoms with E-state index in [0.717, 1.165) is 5.56 Å². The molecular formula is C18H13N6O2. The number of anilines is 1. The summed E-state index contributed by atoms with van der Waals surface area (Å²) in [6, 6.07) is 13.0. The van der Waals surface area contributed by atoms with Crippen molar-refractivity contribution >= 4 is 23.5 Å². The van der Waals surface area contributed by atoms with Crippen LogP contribution in [0.3, 0.4) is 0 Å². The van der Waals surface area contributed by atoms with Crippen molar-refractivity contribution in [1.82, 2.24) is 24.4 Å². The molecule has 1 aromatic carbocycles. The minimum atomic E-state index is -0.449. The summed E-state index contributed by atoms with van der Waals surface area (Å²) in [5, 5.41) is 11.1. The van der Waals surface area contributed by atoms with E-state index in [9.17, 15) is 9.59 Å². The van der Waals surface area contributed by atoms with E-state index in [2.05, 4.69) is 20.5 Å². The van der Waals surface area contributed by atoms with E-state index < -0.39 is 5.91 Å². The maximum absolute atomic E-state index is 12.4. The third-order valence-corrected chi connectivity index (χ3v) is 3.89. The Bertz CT molecular complexity index is 1110. The zero-order valence-electron chi connectivity index (χ0n) is 13.7. The van der Waals surface area contributed by atoms with Gasteiger partial charge in [0.25, 0.3) is 5.91 Å². The lowest BCUT2D eigenvalue weighted by Crippen LogP contribution is -2.18. The summed E-state index contributed by atoms with van der Waals surface area (Å²) >= 11 is 0. The van der Waals surface area contributed by atoms with Crippen molar-refractivity contribution in [1.29, 1.82) is 0 Å². The van der Waals surface area contributed by atoms with E-state index in [0.29, 0.717) is 17.2 Å². The average molecular weight is 345 g/mol. The molecule has 26 heavy (non-hydrogen) atoms. The zero-order chi connectivity index (χ0) is 18.1. The fourth-order valence-electron chi connectivity index (χ4n) is 2.64. The van der Waals surface area contributed by atoms with Gasteiger partial charge in [-0.3, -0.25) is 14.3 Å². The van der Waals surface area contributed by atoms with Gasteiger partial charge in [0.15, 0.2) is 11.5 Å². The maximum Gasteiger partial charge on any atom is 0.274 e. The van der Waals surface area contributed by atoms with Crippen LogP contribution in [0.5, 0.6) is 0 Å². The van der Waals surface area contributed by atoms with Gasteiger partial charge in [0.2, 0.25) is 6.29 Å². The fourth-order valence-corrected chi connectivity index (χ4v) is 2.64. The van der Waals surface area contributed by atoms with Crippen LogP contribution in [0.1, 0.15) is 16.1 Å². The normalized spacial score (nSPS) is 10.8. The highest BCUT2D eigenvalue weighted by molar-refractivity contribution is 6.07. The lowest BCUT2D eigenvalue weighted by Gasteiger charge is -2.06. The molecule has 0 aliphatic carbocycles. The number of pyridine rings is 1. The van der Waals surface area contributed by atoms with Crippen LogP contribution < -0.4 is 5.32 Å². The molecular weight excluding hydrogens is 332 g/mol. The molecule has 8 nitrogen and oxygen atoms in total. The lowest BCUT2D eigenvalue weighted by molar-refractivity contribution is 0.101. The molecule has 8 heteroatoms. The number of nitrogens with one attached hydrogen (secondary N) is 1. The number of fused-ring (bicyclic) bond motifs is 1. The Balaban J connectivity index is 1.64. The predicted molar refractivity (Wildman–Crippen MR) is 94.4 cm³/mol. The second kappa shape index (κ2) is 6.25. The minimum Gasteiger partial charge on any atom is -0.320 e. The highest BCUT2D eigenvalue weighted by Gasteiger charge is 2.17. The molecule has 0 unspecified atom stereocenters. The van der Waals surface area contributed by atoms with Gasteiger partial charge in [0.1, 0.15) is 5.69 Å². The van der Waals surface area contributed by atoms with Crippen molar-refractivity contribution in [3.8, 4) is 11.4 Å². The second-order valence-electron chi connectivity index (χ2n) is 5.61. The van der Waals surface area contributed by atoms with Gasteiger partial charge < -0.3 is 5.32 Å². The molecule has 4 aromatic rings. The first-order valence-electron chi connectivity index (χ1n) is 7.79. The van der Waals surface area contributed by atoms with Crippen LogP contribution >= 0.6 is 0 Å². The Morgan fingerprint density at radius 2 is 2.00 bits per heavy atom. The zero-order valence-corrected chi connectivity index (χ0v) is 13.7. The van der Waals surface area contributed by atoms with Gasteiger partial charge >= 0.3 is 0 Å². The van der Waals surface area contributed by atoms with Crippen molar-refractivity contribution in [2.45, 2.75) is 0 Å². The van der Waals surface area contributed by atoms with Gasteiger partial charge in [-0.15, -0.1) is 5.10 Å². The first-order valence-corrected chi connectivity index (χ1v) is 7.79. The Labute approximate surface area is 148 Å². The number of nitrogens with zero attached hydrogens (tertiary/aromatic N) is 5. The van der Waals surface area contributed by atoms with Gasteiger partial charge in [0.05, 0.1) is 11.8 Å². The van der Waals surface area contributed by atoms with Crippen LogP contribution in [0, 0.1) is 0 Å². The third kappa shape index (κ3) is 2.73. The summed E-state index contributed by atoms with van der Waals surface area (Å²) in [5.41, 5.74) is 2.29. The van der Waals surface area contributed by atoms with Crippen LogP contribution in [-0.2, 0) is 11.8 Å². The Morgan fingerprint density at radius 1 is 1.19 bits per heavy atom. The number of aryl methyl sites for hydroxylation is 1. The Morgan fingerprint density at radius 3 is 2.77 bits per heavy atom. The van der Waals surface area contributed by atoms with E-state index in [1.54, 1.807) is 36.2 Å². The van der Waals surface area contributed by atoms with E-state index in [-0.39, 0.29) is 11.3 Å². The van der Waals surface area contributed by atoms with Gasteiger partial charge in [-0.05, 0) is 6.07 Å². The summed E-state index contributed by atoms with van der Waals surface area (Å²) in [4.78, 5) is 27.9. The highest BCUT2D eigenvalue weighted by Crippen LogP contribution is 2.18. The lowest BCUT2D eigenvalue weighted by atomic mass is 10.2. The number of rotatable bonds is 4. The van der Waals surface area contributed by atoms with Crippen LogP contribution in [0.25, 0.3) is 17.0 Å². The van der Waals surface area contributed by atoms with Crippen LogP contribution in [0.2, 0.25) is 0 Å². The van der Waals surface area contributed by atoms with Gasteiger partial charge in [0, 0.05) is 30.6 Å². The predicted octanol–water partition coefficient (Wildman–Crippen LogP) is 1.84. The molecule has 0 spiro atoms. The van der Waals surface area contributed by atoms with Crippen molar-refractivity contribution < 1.29 is 9.59 Å². The number of amides is 1. The van der Waals surface area contributed by atoms with E-state index in [1.807, 2.05) is 30.3 Å². The largest absolute Gasteiger partial charge is 0.320 e. The third-order valence-electron chi connectivity index (χ3n) is 3.89. The van der Waals surface area contributed by atoms with Crippen LogP contribution in [0.15, 0.2) is 54.9 Å².